The highest BCUT2D eigenvalue weighted by atomic mass is 14.5. The fourth-order valence-corrected chi connectivity index (χ4v) is 1.24. The average molecular weight is 212 g/mol. The number of nitrogens with two attached hydrogens (primary N) is 1. The van der Waals surface area contributed by atoms with Crippen molar-refractivity contribution in [1.82, 2.24) is 0 Å². The van der Waals surface area contributed by atoms with Gasteiger partial charge in [-0.25, -0.2) is 0 Å². The SMILES string of the molecule is CC(C)c1ccccc1.Nc1cc[c]cc1. The van der Waals surface area contributed by atoms with Crippen LogP contribution in [-0.4, -0.2) is 0 Å². The monoisotopic (exact) mass is 212 g/mol. The van der Waals surface area contributed by atoms with E-state index in [1.807, 2.05) is 6.07 Å². The lowest BCUT2D eigenvalue weighted by atomic mass is 10.0. The lowest BCUT2D eigenvalue weighted by molar-refractivity contribution is 0.867. The molecule has 0 aliphatic carbocycles. The standard InChI is InChI=1S/C9H12.C6H6N/c1-8(2)9-6-4-3-5-7-9;7-6-4-2-1-3-5-6/h3-8H,1-2H3;2-5H,7H2. The molecule has 2 rings (SSSR count). The second-order valence-electron chi connectivity index (χ2n) is 3.90. The van der Waals surface area contributed by atoms with E-state index in [0.29, 0.717) is 5.92 Å². The first kappa shape index (κ1) is 12.3. The van der Waals surface area contributed by atoms with Gasteiger partial charge in [-0.3, -0.25) is 0 Å². The molecule has 0 fully saturated rings. The van der Waals surface area contributed by atoms with Crippen molar-refractivity contribution in [1.29, 1.82) is 0 Å². The zero-order chi connectivity index (χ0) is 11.8. The summed E-state index contributed by atoms with van der Waals surface area (Å²) >= 11 is 0. The van der Waals surface area contributed by atoms with Crippen LogP contribution in [-0.2, 0) is 0 Å². The maximum atomic E-state index is 5.34. The molecule has 0 unspecified atom stereocenters. The molecule has 0 bridgehead atoms. The van der Waals surface area contributed by atoms with Crippen LogP contribution in [0.3, 0.4) is 0 Å². The highest BCUT2D eigenvalue weighted by Gasteiger charge is 1.93. The molecule has 2 N–H and O–H groups in total. The topological polar surface area (TPSA) is 26.0 Å². The molecule has 0 saturated heterocycles. The van der Waals surface area contributed by atoms with Gasteiger partial charge in [-0.05, 0) is 29.7 Å². The van der Waals surface area contributed by atoms with Crippen molar-refractivity contribution in [2.45, 2.75) is 19.8 Å². The molecule has 2 aromatic rings. The minimum atomic E-state index is 0.659. The average Bonchev–Trinajstić information content (AvgIpc) is 2.32. The van der Waals surface area contributed by atoms with E-state index in [1.54, 1.807) is 24.3 Å². The number of nitrogen functional groups attached to an aromatic ring is 1. The van der Waals surface area contributed by atoms with Crippen molar-refractivity contribution in [3.8, 4) is 0 Å². The van der Waals surface area contributed by atoms with Crippen LogP contribution in [0.25, 0.3) is 0 Å². The van der Waals surface area contributed by atoms with Gasteiger partial charge in [0.05, 0.1) is 0 Å². The predicted molar refractivity (Wildman–Crippen MR) is 70.2 cm³/mol. The van der Waals surface area contributed by atoms with Crippen LogP contribution in [0.1, 0.15) is 25.3 Å². The summed E-state index contributed by atoms with van der Waals surface area (Å²) in [7, 11) is 0. The lowest BCUT2D eigenvalue weighted by Crippen LogP contribution is -1.83. The molecule has 1 heteroatoms. The predicted octanol–water partition coefficient (Wildman–Crippen LogP) is 3.88. The second-order valence-corrected chi connectivity index (χ2v) is 3.90. The van der Waals surface area contributed by atoms with Crippen LogP contribution in [0.15, 0.2) is 54.6 Å². The van der Waals surface area contributed by atoms with Gasteiger partial charge in [0.2, 0.25) is 0 Å². The van der Waals surface area contributed by atoms with Gasteiger partial charge >= 0.3 is 0 Å². The molecular weight excluding hydrogens is 194 g/mol. The molecule has 0 aliphatic heterocycles. The van der Waals surface area contributed by atoms with Crippen LogP contribution in [0.5, 0.6) is 0 Å². The largest absolute Gasteiger partial charge is 0.399 e. The molecular formula is C15H18N. The Morgan fingerprint density at radius 3 is 1.81 bits per heavy atom. The third-order valence-corrected chi connectivity index (χ3v) is 2.21. The van der Waals surface area contributed by atoms with Gasteiger partial charge in [0, 0.05) is 5.69 Å². The van der Waals surface area contributed by atoms with Gasteiger partial charge < -0.3 is 5.73 Å². The first-order chi connectivity index (χ1) is 7.70. The molecule has 0 aromatic heterocycles. The molecule has 1 nitrogen and oxygen atoms in total. The minimum Gasteiger partial charge on any atom is -0.399 e. The van der Waals surface area contributed by atoms with Gasteiger partial charge in [-0.2, -0.15) is 0 Å². The molecule has 2 aromatic carbocycles. The summed E-state index contributed by atoms with van der Waals surface area (Å²) < 4.78 is 0. The van der Waals surface area contributed by atoms with Gasteiger partial charge in [-0.15, -0.1) is 0 Å². The van der Waals surface area contributed by atoms with E-state index < -0.39 is 0 Å². The zero-order valence-electron chi connectivity index (χ0n) is 9.85. The smallest absolute Gasteiger partial charge is 0.0314 e. The number of rotatable bonds is 1. The van der Waals surface area contributed by atoms with E-state index in [4.69, 9.17) is 5.73 Å². The Morgan fingerprint density at radius 1 is 0.938 bits per heavy atom. The van der Waals surface area contributed by atoms with Crippen LogP contribution >= 0.6 is 0 Å². The molecule has 0 heterocycles. The summed E-state index contributed by atoms with van der Waals surface area (Å²) in [6, 6.07) is 20.6. The lowest BCUT2D eigenvalue weighted by Gasteiger charge is -2.01. The number of hydrogen-bond donors (Lipinski definition) is 1. The summed E-state index contributed by atoms with van der Waals surface area (Å²) in [6.45, 7) is 4.41. The fourth-order valence-electron chi connectivity index (χ4n) is 1.24. The molecule has 0 spiro atoms. The first-order valence-corrected chi connectivity index (χ1v) is 5.46. The Balaban J connectivity index is 0.000000165. The van der Waals surface area contributed by atoms with E-state index >= 15 is 0 Å². The molecule has 16 heavy (non-hydrogen) atoms. The number of anilines is 1. The van der Waals surface area contributed by atoms with E-state index in [0.717, 1.165) is 5.69 Å². The quantitative estimate of drug-likeness (QED) is 0.713. The van der Waals surface area contributed by atoms with Gasteiger partial charge in [0.15, 0.2) is 0 Å². The Kier molecular flexibility index (Phi) is 5.13. The normalized spacial score (nSPS) is 9.44. The van der Waals surface area contributed by atoms with Crippen molar-refractivity contribution in [3.63, 3.8) is 0 Å². The number of hydrogen-bond acceptors (Lipinski definition) is 1. The van der Waals surface area contributed by atoms with Crippen molar-refractivity contribution >= 4 is 5.69 Å². The Hall–Kier alpha value is -1.76. The Bertz CT molecular complexity index is 379. The first-order valence-electron chi connectivity index (χ1n) is 5.46. The van der Waals surface area contributed by atoms with Crippen molar-refractivity contribution in [2.24, 2.45) is 0 Å². The van der Waals surface area contributed by atoms with Crippen LogP contribution in [0.4, 0.5) is 5.69 Å². The van der Waals surface area contributed by atoms with Gasteiger partial charge in [0.1, 0.15) is 0 Å². The van der Waals surface area contributed by atoms with E-state index in [2.05, 4.69) is 44.2 Å². The van der Waals surface area contributed by atoms with Crippen molar-refractivity contribution in [3.05, 3.63) is 66.2 Å². The van der Waals surface area contributed by atoms with Gasteiger partial charge in [0.25, 0.3) is 0 Å². The van der Waals surface area contributed by atoms with E-state index in [9.17, 15) is 0 Å². The summed E-state index contributed by atoms with van der Waals surface area (Å²) in [5.74, 6) is 0.659. The van der Waals surface area contributed by atoms with Gasteiger partial charge in [-0.1, -0.05) is 56.3 Å². The fraction of sp³-hybridized carbons (Fsp3) is 0.200. The molecule has 83 valence electrons. The van der Waals surface area contributed by atoms with Crippen LogP contribution < -0.4 is 5.73 Å². The molecule has 0 aliphatic rings. The summed E-state index contributed by atoms with van der Waals surface area (Å²) in [4.78, 5) is 0. The Morgan fingerprint density at radius 2 is 1.50 bits per heavy atom. The molecule has 0 atom stereocenters. The van der Waals surface area contributed by atoms with E-state index in [-0.39, 0.29) is 0 Å². The summed E-state index contributed by atoms with van der Waals surface area (Å²) in [6.07, 6.45) is 0. The summed E-state index contributed by atoms with van der Waals surface area (Å²) in [5, 5.41) is 0. The maximum Gasteiger partial charge on any atom is 0.0314 e. The highest BCUT2D eigenvalue weighted by molar-refractivity contribution is 5.35. The second kappa shape index (κ2) is 6.67. The zero-order valence-corrected chi connectivity index (χ0v) is 9.85. The van der Waals surface area contributed by atoms with Crippen LogP contribution in [0, 0.1) is 6.07 Å². The molecule has 0 amide bonds. The maximum absolute atomic E-state index is 5.34. The van der Waals surface area contributed by atoms with Crippen molar-refractivity contribution < 1.29 is 0 Å². The molecule has 1 radical (unpaired) electrons. The highest BCUT2D eigenvalue weighted by Crippen LogP contribution is 2.11. The number of benzene rings is 2. The Labute approximate surface area is 97.9 Å². The third-order valence-electron chi connectivity index (χ3n) is 2.21. The van der Waals surface area contributed by atoms with Crippen LogP contribution in [0.2, 0.25) is 0 Å². The summed E-state index contributed by atoms with van der Waals surface area (Å²) in [5.41, 5.74) is 7.54. The molecule has 0 saturated carbocycles. The minimum absolute atomic E-state index is 0.659. The third kappa shape index (κ3) is 4.65. The van der Waals surface area contributed by atoms with E-state index in [1.165, 1.54) is 5.56 Å². The van der Waals surface area contributed by atoms with Crippen molar-refractivity contribution in [2.75, 3.05) is 5.73 Å².